The molecule has 1 saturated carbocycles. The number of carbonyl (C=O) groups excluding carboxylic acids is 1. The Morgan fingerprint density at radius 3 is 2.47 bits per heavy atom. The van der Waals surface area contributed by atoms with Crippen molar-refractivity contribution >= 4 is 15.9 Å². The van der Waals surface area contributed by atoms with E-state index in [2.05, 4.69) is 4.72 Å². The van der Waals surface area contributed by atoms with E-state index in [4.69, 9.17) is 4.74 Å². The summed E-state index contributed by atoms with van der Waals surface area (Å²) in [7, 11) is -3.45. The molecule has 1 heterocycles. The van der Waals surface area contributed by atoms with Crippen molar-refractivity contribution in [3.63, 3.8) is 0 Å². The molecule has 0 radical (unpaired) electrons. The number of carbonyl (C=O) groups is 1. The summed E-state index contributed by atoms with van der Waals surface area (Å²) < 4.78 is 60.2. The summed E-state index contributed by atoms with van der Waals surface area (Å²) in [6, 6.07) is 10.0. The lowest BCUT2D eigenvalue weighted by atomic mass is 9.95. The average Bonchev–Trinajstić information content (AvgIpc) is 3.52. The maximum Gasteiger partial charge on any atom is 0.226 e. The molecule has 1 N–H and O–H groups in total. The Morgan fingerprint density at radius 1 is 1.09 bits per heavy atom. The minimum absolute atomic E-state index is 0.0878. The van der Waals surface area contributed by atoms with Crippen LogP contribution in [0, 0.1) is 17.6 Å². The van der Waals surface area contributed by atoms with Gasteiger partial charge in [-0.2, -0.15) is 0 Å². The highest BCUT2D eigenvalue weighted by molar-refractivity contribution is 7.88. The van der Waals surface area contributed by atoms with Gasteiger partial charge < -0.3 is 9.64 Å². The number of nitrogens with zero attached hydrogens (tertiary/aromatic N) is 1. The van der Waals surface area contributed by atoms with Crippen LogP contribution in [0.2, 0.25) is 0 Å². The minimum Gasteiger partial charge on any atom is -0.378 e. The molecule has 0 spiro atoms. The van der Waals surface area contributed by atoms with Gasteiger partial charge in [-0.25, -0.2) is 21.9 Å². The molecule has 6 nitrogen and oxygen atoms in total. The highest BCUT2D eigenvalue weighted by Crippen LogP contribution is 2.51. The van der Waals surface area contributed by atoms with Crippen molar-refractivity contribution in [3.05, 3.63) is 59.7 Å². The number of hydrogen-bond donors (Lipinski definition) is 1. The topological polar surface area (TPSA) is 75.7 Å². The number of rotatable bonds is 5. The van der Waals surface area contributed by atoms with Gasteiger partial charge in [-0.3, -0.25) is 4.79 Å². The number of benzene rings is 2. The van der Waals surface area contributed by atoms with E-state index in [0.717, 1.165) is 11.8 Å². The standard InChI is InChI=1S/C23H26F2N2O4S/c1-14-12-31-13-15(26-32(2,29)30)11-27(14)23(28)19-10-18(19)16-6-3-4-7-17(16)22-20(24)8-5-9-21(22)25/h3-9,14-15,18-19,26H,10-13H2,1-2H3/t14-,15+,18-,19+/m0/s1. The molecular weight excluding hydrogens is 438 g/mol. The van der Waals surface area contributed by atoms with E-state index in [1.54, 1.807) is 23.1 Å². The van der Waals surface area contributed by atoms with Gasteiger partial charge in [0.2, 0.25) is 15.9 Å². The molecule has 32 heavy (non-hydrogen) atoms. The molecule has 2 fully saturated rings. The van der Waals surface area contributed by atoms with Gasteiger partial charge in [-0.05, 0) is 42.5 Å². The van der Waals surface area contributed by atoms with Crippen LogP contribution in [0.1, 0.15) is 24.8 Å². The summed E-state index contributed by atoms with van der Waals surface area (Å²) in [6.07, 6.45) is 1.64. The zero-order valence-electron chi connectivity index (χ0n) is 17.9. The number of ether oxygens (including phenoxy) is 1. The van der Waals surface area contributed by atoms with Crippen LogP contribution in [-0.2, 0) is 19.6 Å². The van der Waals surface area contributed by atoms with Gasteiger partial charge in [0.25, 0.3) is 0 Å². The summed E-state index contributed by atoms with van der Waals surface area (Å²) in [4.78, 5) is 15.0. The van der Waals surface area contributed by atoms with Gasteiger partial charge in [0, 0.05) is 12.5 Å². The maximum atomic E-state index is 14.4. The summed E-state index contributed by atoms with van der Waals surface area (Å²) in [5, 5.41) is 0. The van der Waals surface area contributed by atoms with E-state index in [1.165, 1.54) is 18.2 Å². The molecule has 1 amide bonds. The maximum absolute atomic E-state index is 14.4. The predicted molar refractivity (Wildman–Crippen MR) is 116 cm³/mol. The van der Waals surface area contributed by atoms with Gasteiger partial charge >= 0.3 is 0 Å². The smallest absolute Gasteiger partial charge is 0.226 e. The lowest BCUT2D eigenvalue weighted by Gasteiger charge is -2.29. The van der Waals surface area contributed by atoms with Crippen LogP contribution in [-0.4, -0.2) is 57.3 Å². The predicted octanol–water partition coefficient (Wildman–Crippen LogP) is 2.90. The Kier molecular flexibility index (Phi) is 6.33. The summed E-state index contributed by atoms with van der Waals surface area (Å²) >= 11 is 0. The largest absolute Gasteiger partial charge is 0.378 e. The molecule has 4 atom stereocenters. The summed E-state index contributed by atoms with van der Waals surface area (Å²) in [6.45, 7) is 2.56. The van der Waals surface area contributed by atoms with Crippen molar-refractivity contribution in [3.8, 4) is 11.1 Å². The average molecular weight is 465 g/mol. The summed E-state index contributed by atoms with van der Waals surface area (Å²) in [5.41, 5.74) is 1.10. The van der Waals surface area contributed by atoms with Gasteiger partial charge in [-0.15, -0.1) is 0 Å². The molecule has 0 bridgehead atoms. The minimum atomic E-state index is -3.45. The second-order valence-electron chi connectivity index (χ2n) is 8.60. The molecule has 1 saturated heterocycles. The Hall–Kier alpha value is -2.36. The molecule has 9 heteroatoms. The fraction of sp³-hybridized carbons (Fsp3) is 0.435. The van der Waals surface area contributed by atoms with Crippen LogP contribution >= 0.6 is 0 Å². The van der Waals surface area contributed by atoms with E-state index >= 15 is 0 Å². The molecule has 1 aliphatic heterocycles. The third-order valence-corrected chi connectivity index (χ3v) is 6.75. The molecule has 1 aliphatic carbocycles. The Morgan fingerprint density at radius 2 is 1.78 bits per heavy atom. The highest BCUT2D eigenvalue weighted by Gasteiger charge is 2.48. The van der Waals surface area contributed by atoms with Crippen molar-refractivity contribution in [1.82, 2.24) is 9.62 Å². The van der Waals surface area contributed by atoms with Gasteiger partial charge in [0.15, 0.2) is 0 Å². The van der Waals surface area contributed by atoms with E-state index in [1.807, 2.05) is 13.0 Å². The molecular formula is C23H26F2N2O4S. The lowest BCUT2D eigenvalue weighted by Crippen LogP contribution is -2.49. The van der Waals surface area contributed by atoms with Gasteiger partial charge in [0.05, 0.1) is 37.1 Å². The number of nitrogens with one attached hydrogen (secondary N) is 1. The van der Waals surface area contributed by atoms with Crippen LogP contribution in [0.5, 0.6) is 0 Å². The van der Waals surface area contributed by atoms with Crippen LogP contribution in [0.15, 0.2) is 42.5 Å². The van der Waals surface area contributed by atoms with Gasteiger partial charge in [-0.1, -0.05) is 30.3 Å². The molecule has 2 aromatic carbocycles. The normalized spacial score (nSPS) is 25.9. The third-order valence-electron chi connectivity index (χ3n) is 5.99. The number of halogens is 2. The zero-order chi connectivity index (χ0) is 23.0. The van der Waals surface area contributed by atoms with Crippen LogP contribution < -0.4 is 4.72 Å². The monoisotopic (exact) mass is 464 g/mol. The van der Waals surface area contributed by atoms with Crippen molar-refractivity contribution in [2.75, 3.05) is 26.0 Å². The first-order chi connectivity index (χ1) is 15.2. The number of amides is 1. The highest BCUT2D eigenvalue weighted by atomic mass is 32.2. The first-order valence-corrected chi connectivity index (χ1v) is 12.4. The van der Waals surface area contributed by atoms with Crippen molar-refractivity contribution < 1.29 is 26.7 Å². The molecule has 0 unspecified atom stereocenters. The third kappa shape index (κ3) is 4.84. The molecule has 172 valence electrons. The Balaban J connectivity index is 1.56. The first kappa shape index (κ1) is 22.8. The van der Waals surface area contributed by atoms with Crippen molar-refractivity contribution in [2.45, 2.75) is 31.3 Å². The van der Waals surface area contributed by atoms with Gasteiger partial charge in [0.1, 0.15) is 11.6 Å². The lowest BCUT2D eigenvalue weighted by molar-refractivity contribution is -0.135. The van der Waals surface area contributed by atoms with E-state index in [9.17, 15) is 22.0 Å². The zero-order valence-corrected chi connectivity index (χ0v) is 18.7. The fourth-order valence-corrected chi connectivity index (χ4v) is 5.20. The second-order valence-corrected chi connectivity index (χ2v) is 10.4. The van der Waals surface area contributed by atoms with Crippen LogP contribution in [0.3, 0.4) is 0 Å². The molecule has 0 aromatic heterocycles. The Labute approximate surface area is 186 Å². The Bertz CT molecular complexity index is 1100. The van der Waals surface area contributed by atoms with E-state index < -0.39 is 27.7 Å². The van der Waals surface area contributed by atoms with Crippen LogP contribution in [0.4, 0.5) is 8.78 Å². The fourth-order valence-electron chi connectivity index (χ4n) is 4.45. The number of sulfonamides is 1. The molecule has 2 aromatic rings. The van der Waals surface area contributed by atoms with E-state index in [0.29, 0.717) is 18.6 Å². The number of hydrogen-bond acceptors (Lipinski definition) is 4. The second kappa shape index (κ2) is 8.88. The van der Waals surface area contributed by atoms with E-state index in [-0.39, 0.29) is 42.5 Å². The first-order valence-electron chi connectivity index (χ1n) is 10.5. The quantitative estimate of drug-likeness (QED) is 0.739. The SMILES string of the molecule is C[C@H]1COC[C@H](NS(C)(=O)=O)CN1C(=O)[C@@H]1C[C@H]1c1ccccc1-c1c(F)cccc1F. The van der Waals surface area contributed by atoms with Crippen molar-refractivity contribution in [2.24, 2.45) is 5.92 Å². The molecule has 2 aliphatic rings. The van der Waals surface area contributed by atoms with Crippen LogP contribution in [0.25, 0.3) is 11.1 Å². The van der Waals surface area contributed by atoms with Crippen molar-refractivity contribution in [1.29, 1.82) is 0 Å². The molecule has 4 rings (SSSR count). The summed E-state index contributed by atoms with van der Waals surface area (Å²) in [5.74, 6) is -1.87.